The molecular weight excluding hydrogens is 763 g/mol. The second-order valence-corrected chi connectivity index (χ2v) is 13.8. The number of carbonyl (C=O) groups excluding carboxylic acids is 1. The number of rotatable bonds is 7. The molecule has 6 aromatic heterocycles. The molecule has 2 aromatic carbocycles. The molecule has 2 saturated heterocycles. The van der Waals surface area contributed by atoms with E-state index < -0.39 is 5.97 Å². The van der Waals surface area contributed by atoms with Gasteiger partial charge in [-0.25, -0.2) is 42.9 Å². The molecule has 0 spiro atoms. The van der Waals surface area contributed by atoms with E-state index in [1.54, 1.807) is 18.3 Å². The number of fused-ring (bicyclic) bond motifs is 2. The summed E-state index contributed by atoms with van der Waals surface area (Å²) >= 11 is 0. The van der Waals surface area contributed by atoms with Crippen LogP contribution in [0.15, 0.2) is 123 Å². The lowest BCUT2D eigenvalue weighted by atomic mass is 10.2. The van der Waals surface area contributed by atoms with E-state index >= 15 is 0 Å². The number of carbonyl (C=O) groups is 2. The molecule has 0 unspecified atom stereocenters. The van der Waals surface area contributed by atoms with Gasteiger partial charge in [-0.15, -0.1) is 10.2 Å². The molecule has 10 rings (SSSR count). The Morgan fingerprint density at radius 1 is 0.661 bits per heavy atom. The van der Waals surface area contributed by atoms with Crippen molar-refractivity contribution in [3.05, 3.63) is 146 Å². The summed E-state index contributed by atoms with van der Waals surface area (Å²) < 4.78 is 32.5. The average Bonchev–Trinajstić information content (AvgIpc) is 4.10. The van der Waals surface area contributed by atoms with Crippen LogP contribution in [0.2, 0.25) is 0 Å². The van der Waals surface area contributed by atoms with Crippen LogP contribution >= 0.6 is 0 Å². The highest BCUT2D eigenvalue weighted by Crippen LogP contribution is 2.24. The number of amides is 1. The van der Waals surface area contributed by atoms with Crippen molar-refractivity contribution in [1.29, 1.82) is 0 Å². The first kappa shape index (κ1) is 38.3. The fraction of sp³-hybridized carbons (Fsp3) is 0.200. The predicted molar refractivity (Wildman–Crippen MR) is 213 cm³/mol. The van der Waals surface area contributed by atoms with E-state index in [4.69, 9.17) is 10.8 Å². The Bertz CT molecular complexity index is 2690. The molecule has 19 heteroatoms. The van der Waals surface area contributed by atoms with Gasteiger partial charge in [0, 0.05) is 75.4 Å². The number of hydrogen-bond donors (Lipinski definition) is 3. The molecule has 2 fully saturated rings. The first-order valence-corrected chi connectivity index (χ1v) is 18.7. The van der Waals surface area contributed by atoms with Crippen LogP contribution in [-0.4, -0.2) is 104 Å². The third-order valence-corrected chi connectivity index (χ3v) is 9.77. The molecule has 17 nitrogen and oxygen atoms in total. The summed E-state index contributed by atoms with van der Waals surface area (Å²) in [5.74, 6) is -0.468. The zero-order valence-corrected chi connectivity index (χ0v) is 31.4. The molecule has 0 bridgehead atoms. The number of anilines is 2. The Hall–Kier alpha value is -7.54. The lowest BCUT2D eigenvalue weighted by Crippen LogP contribution is -2.37. The van der Waals surface area contributed by atoms with Gasteiger partial charge >= 0.3 is 5.97 Å². The van der Waals surface area contributed by atoms with Gasteiger partial charge in [0.25, 0.3) is 11.7 Å². The molecule has 2 atom stereocenters. The second-order valence-electron chi connectivity index (χ2n) is 13.8. The number of halogens is 2. The van der Waals surface area contributed by atoms with Gasteiger partial charge in [0.15, 0.2) is 11.6 Å². The van der Waals surface area contributed by atoms with Crippen LogP contribution in [0.3, 0.4) is 0 Å². The first-order valence-electron chi connectivity index (χ1n) is 18.7. The maximum atomic E-state index is 13.1. The molecule has 1 amide bonds. The van der Waals surface area contributed by atoms with Crippen molar-refractivity contribution in [2.45, 2.75) is 24.9 Å². The number of carboxylic acid groups (broad SMARTS) is 1. The highest BCUT2D eigenvalue weighted by atomic mass is 19.1. The largest absolute Gasteiger partial charge is 0.475 e. The summed E-state index contributed by atoms with van der Waals surface area (Å²) in [6, 6.07) is 19.7. The second kappa shape index (κ2) is 16.9. The quantitative estimate of drug-likeness (QED) is 0.210. The molecule has 8 aromatic rings. The minimum absolute atomic E-state index is 0.0164. The topological polar surface area (TPSA) is 195 Å². The van der Waals surface area contributed by atoms with Crippen molar-refractivity contribution in [3.8, 4) is 11.4 Å². The maximum Gasteiger partial charge on any atom is 0.375 e. The number of carboxylic acids is 1. The van der Waals surface area contributed by atoms with Crippen molar-refractivity contribution < 1.29 is 23.5 Å². The highest BCUT2D eigenvalue weighted by molar-refractivity contribution is 5.90. The van der Waals surface area contributed by atoms with Gasteiger partial charge < -0.3 is 34.8 Å². The van der Waals surface area contributed by atoms with Crippen LogP contribution in [0, 0.1) is 11.6 Å². The molecule has 0 saturated carbocycles. The van der Waals surface area contributed by atoms with Crippen molar-refractivity contribution in [1.82, 2.24) is 53.6 Å². The van der Waals surface area contributed by atoms with Crippen LogP contribution in [0.4, 0.5) is 20.4 Å². The molecule has 0 aliphatic carbocycles. The first-order chi connectivity index (χ1) is 28.7. The zero-order valence-electron chi connectivity index (χ0n) is 31.4. The average molecular weight is 801 g/mol. The van der Waals surface area contributed by atoms with E-state index in [1.807, 2.05) is 53.6 Å². The fourth-order valence-electron chi connectivity index (χ4n) is 6.86. The van der Waals surface area contributed by atoms with Gasteiger partial charge in [-0.2, -0.15) is 0 Å². The smallest absolute Gasteiger partial charge is 0.375 e. The molecule has 8 heterocycles. The lowest BCUT2D eigenvalue weighted by Gasteiger charge is -2.18. The maximum absolute atomic E-state index is 13.1. The van der Waals surface area contributed by atoms with Crippen molar-refractivity contribution in [2.75, 3.05) is 36.0 Å². The zero-order chi connectivity index (χ0) is 40.9. The molecule has 59 heavy (non-hydrogen) atoms. The molecule has 300 valence electrons. The van der Waals surface area contributed by atoms with Gasteiger partial charge in [0.2, 0.25) is 5.82 Å². The van der Waals surface area contributed by atoms with Crippen molar-refractivity contribution in [3.63, 3.8) is 0 Å². The molecule has 2 aliphatic heterocycles. The summed E-state index contributed by atoms with van der Waals surface area (Å²) in [5.41, 5.74) is 9.29. The number of nitrogens with two attached hydrogens (primary N) is 1. The van der Waals surface area contributed by atoms with E-state index in [0.717, 1.165) is 55.1 Å². The number of hydrogen-bond acceptors (Lipinski definition) is 11. The van der Waals surface area contributed by atoms with E-state index in [0.29, 0.717) is 24.0 Å². The van der Waals surface area contributed by atoms with Crippen LogP contribution in [0.25, 0.3) is 22.4 Å². The molecule has 2 aliphatic rings. The standard InChI is InChI=1S/C20H18FN7O.C11H14N4.C9H6FN3O2/c21-14-3-5-16(6-4-14)28-13-23-18(25-28)20(29)24-15-7-10-27(12-15)19-17-2-1-9-26(17)11-8-22-19;12-9-3-6-15(8-9)11-10-2-1-5-14(10)7-4-13-11;10-6-1-3-7(4-2-6)13-5-11-8(12-13)9(14)15/h1-6,8-9,11,13,15H,7,10,12H2,(H,24,29);1-2,4-5,7,9H,3,6,8,12H2;1-5H,(H,14,15)/t15-;9-;/m11./s1. The van der Waals surface area contributed by atoms with E-state index in [1.165, 1.54) is 58.4 Å². The van der Waals surface area contributed by atoms with Crippen molar-refractivity contribution >= 4 is 34.5 Å². The number of nitrogens with zero attached hydrogens (tertiary/aromatic N) is 12. The third-order valence-electron chi connectivity index (χ3n) is 9.77. The highest BCUT2D eigenvalue weighted by Gasteiger charge is 2.27. The molecular formula is C40H38F2N14O3. The monoisotopic (exact) mass is 800 g/mol. The van der Waals surface area contributed by atoms with Crippen LogP contribution in [0.1, 0.15) is 34.1 Å². The summed E-state index contributed by atoms with van der Waals surface area (Å²) in [7, 11) is 0. The van der Waals surface area contributed by atoms with Gasteiger partial charge in [-0.05, 0) is 85.6 Å². The third kappa shape index (κ3) is 8.74. The SMILES string of the molecule is N[C@@H]1CCN(c2nccn3cccc23)C1.O=C(N[C@@H]1CCN(c2nccn3cccc23)C1)c1ncn(-c2ccc(F)cc2)n1.O=C(O)c1ncn(-c2ccc(F)cc2)n1. The van der Waals surface area contributed by atoms with Gasteiger partial charge in [-0.3, -0.25) is 4.79 Å². The number of aromatic nitrogens is 10. The number of aromatic carboxylic acids is 1. The minimum atomic E-state index is -1.20. The minimum Gasteiger partial charge on any atom is -0.475 e. The number of nitrogens with one attached hydrogen (secondary N) is 1. The lowest BCUT2D eigenvalue weighted by molar-refractivity contribution is 0.0683. The van der Waals surface area contributed by atoms with Crippen LogP contribution in [0.5, 0.6) is 0 Å². The fourth-order valence-corrected chi connectivity index (χ4v) is 6.86. The van der Waals surface area contributed by atoms with Gasteiger partial charge in [0.05, 0.1) is 22.4 Å². The predicted octanol–water partition coefficient (Wildman–Crippen LogP) is 4.04. The van der Waals surface area contributed by atoms with Gasteiger partial charge in [-0.1, -0.05) is 0 Å². The van der Waals surface area contributed by atoms with E-state index in [-0.39, 0.29) is 35.2 Å². The van der Waals surface area contributed by atoms with E-state index in [9.17, 15) is 18.4 Å². The Morgan fingerprint density at radius 3 is 1.68 bits per heavy atom. The Labute approximate surface area is 335 Å². The Morgan fingerprint density at radius 2 is 1.17 bits per heavy atom. The summed E-state index contributed by atoms with van der Waals surface area (Å²) in [6.45, 7) is 3.40. The molecule has 4 N–H and O–H groups in total. The summed E-state index contributed by atoms with van der Waals surface area (Å²) in [5, 5.41) is 19.5. The number of benzene rings is 2. The Balaban J connectivity index is 0.000000136. The summed E-state index contributed by atoms with van der Waals surface area (Å²) in [4.78, 5) is 44.1. The Kier molecular flexibility index (Phi) is 11.0. The van der Waals surface area contributed by atoms with E-state index in [2.05, 4.69) is 55.7 Å². The van der Waals surface area contributed by atoms with Crippen molar-refractivity contribution in [2.24, 2.45) is 5.73 Å². The normalized spacial score (nSPS) is 16.1. The van der Waals surface area contributed by atoms with Crippen LogP contribution in [-0.2, 0) is 0 Å². The summed E-state index contributed by atoms with van der Waals surface area (Å²) in [6.07, 6.45) is 16.1. The van der Waals surface area contributed by atoms with Crippen LogP contribution < -0.4 is 20.9 Å². The van der Waals surface area contributed by atoms with Gasteiger partial charge in [0.1, 0.15) is 24.3 Å². The molecule has 0 radical (unpaired) electrons.